The van der Waals surface area contributed by atoms with Gasteiger partial charge in [0.25, 0.3) is 5.56 Å². The van der Waals surface area contributed by atoms with Gasteiger partial charge >= 0.3 is 5.56 Å². The normalized spacial score (nSPS) is 10.2. The molecule has 0 bridgehead atoms. The van der Waals surface area contributed by atoms with Crippen LogP contribution in [0.3, 0.4) is 0 Å². The predicted octanol–water partition coefficient (Wildman–Crippen LogP) is 0.653. The fourth-order valence-corrected chi connectivity index (χ4v) is 1.38. The summed E-state index contributed by atoms with van der Waals surface area (Å²) in [4.78, 5) is 22.8. The molecule has 0 fully saturated rings. The number of benzene rings is 1. The molecule has 0 aliphatic carbocycles. The molecular formula is C12H12N2O3. The van der Waals surface area contributed by atoms with Crippen LogP contribution in [0, 0.1) is 0 Å². The van der Waals surface area contributed by atoms with Crippen LogP contribution < -0.4 is 15.9 Å². The van der Waals surface area contributed by atoms with Gasteiger partial charge in [-0.1, -0.05) is 30.3 Å². The minimum atomic E-state index is -0.414. The first-order chi connectivity index (χ1) is 8.16. The molecule has 0 spiro atoms. The Bertz CT molecular complexity index is 614. The third-order valence-electron chi connectivity index (χ3n) is 2.32. The highest BCUT2D eigenvalue weighted by Gasteiger charge is 2.03. The molecule has 5 nitrogen and oxygen atoms in total. The monoisotopic (exact) mass is 232 g/mol. The van der Waals surface area contributed by atoms with E-state index in [1.54, 1.807) is 0 Å². The summed E-state index contributed by atoms with van der Waals surface area (Å²) in [5, 5.41) is 2.37. The van der Waals surface area contributed by atoms with Crippen molar-refractivity contribution in [1.29, 1.82) is 0 Å². The van der Waals surface area contributed by atoms with Crippen molar-refractivity contribution >= 4 is 0 Å². The maximum Gasteiger partial charge on any atom is 0.305 e. The second kappa shape index (κ2) is 4.69. The summed E-state index contributed by atoms with van der Waals surface area (Å²) in [7, 11) is 1.48. The van der Waals surface area contributed by atoms with Crippen molar-refractivity contribution in [3.8, 4) is 5.75 Å². The van der Waals surface area contributed by atoms with E-state index in [1.165, 1.54) is 13.1 Å². The zero-order valence-electron chi connectivity index (χ0n) is 9.34. The molecule has 0 amide bonds. The van der Waals surface area contributed by atoms with E-state index >= 15 is 0 Å². The summed E-state index contributed by atoms with van der Waals surface area (Å²) < 4.78 is 6.41. The molecule has 5 heteroatoms. The highest BCUT2D eigenvalue weighted by Crippen LogP contribution is 2.04. The van der Waals surface area contributed by atoms with E-state index in [0.29, 0.717) is 0 Å². The van der Waals surface area contributed by atoms with Gasteiger partial charge in [-0.05, 0) is 5.56 Å². The molecule has 0 unspecified atom stereocenters. The smallest absolute Gasteiger partial charge is 0.305 e. The SMILES string of the molecule is Cn1[nH]c(=O)c(OCc2ccccc2)cc1=O. The first-order valence-corrected chi connectivity index (χ1v) is 5.14. The van der Waals surface area contributed by atoms with Crippen LogP contribution in [-0.4, -0.2) is 9.78 Å². The van der Waals surface area contributed by atoms with Gasteiger partial charge in [0, 0.05) is 7.05 Å². The zero-order chi connectivity index (χ0) is 12.3. The molecule has 0 aliphatic heterocycles. The van der Waals surface area contributed by atoms with Crippen LogP contribution >= 0.6 is 0 Å². The molecule has 17 heavy (non-hydrogen) atoms. The zero-order valence-corrected chi connectivity index (χ0v) is 9.34. The van der Waals surface area contributed by atoms with Gasteiger partial charge in [-0.2, -0.15) is 0 Å². The quantitative estimate of drug-likeness (QED) is 0.845. The highest BCUT2D eigenvalue weighted by atomic mass is 16.5. The molecule has 0 atom stereocenters. The Morgan fingerprint density at radius 2 is 1.94 bits per heavy atom. The first kappa shape index (κ1) is 11.2. The largest absolute Gasteiger partial charge is 0.483 e. The predicted molar refractivity (Wildman–Crippen MR) is 63.1 cm³/mol. The highest BCUT2D eigenvalue weighted by molar-refractivity contribution is 5.17. The van der Waals surface area contributed by atoms with Crippen molar-refractivity contribution < 1.29 is 4.74 Å². The number of aromatic nitrogens is 2. The Morgan fingerprint density at radius 3 is 2.65 bits per heavy atom. The fourth-order valence-electron chi connectivity index (χ4n) is 1.38. The van der Waals surface area contributed by atoms with Crippen LogP contribution in [-0.2, 0) is 13.7 Å². The van der Waals surface area contributed by atoms with Gasteiger partial charge in [-0.3, -0.25) is 19.4 Å². The summed E-state index contributed by atoms with van der Waals surface area (Å²) in [5.74, 6) is 0.0388. The number of hydrogen-bond acceptors (Lipinski definition) is 3. The van der Waals surface area contributed by atoms with E-state index in [-0.39, 0.29) is 17.9 Å². The minimum Gasteiger partial charge on any atom is -0.483 e. The molecule has 1 heterocycles. The van der Waals surface area contributed by atoms with Gasteiger partial charge in [-0.25, -0.2) is 0 Å². The van der Waals surface area contributed by atoms with Crippen LogP contribution in [0.4, 0.5) is 0 Å². The van der Waals surface area contributed by atoms with E-state index < -0.39 is 5.56 Å². The Labute approximate surface area is 97.3 Å². The third kappa shape index (κ3) is 2.63. The van der Waals surface area contributed by atoms with Crippen molar-refractivity contribution in [3.63, 3.8) is 0 Å². The first-order valence-electron chi connectivity index (χ1n) is 5.14. The molecule has 1 aromatic carbocycles. The van der Waals surface area contributed by atoms with E-state index in [2.05, 4.69) is 5.10 Å². The Morgan fingerprint density at radius 1 is 1.24 bits per heavy atom. The van der Waals surface area contributed by atoms with Gasteiger partial charge in [0.05, 0.1) is 6.07 Å². The van der Waals surface area contributed by atoms with E-state index in [9.17, 15) is 9.59 Å². The summed E-state index contributed by atoms with van der Waals surface area (Å²) in [6.07, 6.45) is 0. The van der Waals surface area contributed by atoms with E-state index in [1.807, 2.05) is 30.3 Å². The molecule has 0 aliphatic rings. The lowest BCUT2D eigenvalue weighted by Crippen LogP contribution is -2.27. The molecule has 0 radical (unpaired) electrons. The third-order valence-corrected chi connectivity index (χ3v) is 2.32. The van der Waals surface area contributed by atoms with E-state index in [4.69, 9.17) is 4.74 Å². The standard InChI is InChI=1S/C12H12N2O3/c1-14-11(15)7-10(12(16)13-14)17-8-9-5-3-2-4-6-9/h2-7H,8H2,1H3,(H,13,16). The van der Waals surface area contributed by atoms with Crippen LogP contribution in [0.2, 0.25) is 0 Å². The van der Waals surface area contributed by atoms with Crippen LogP contribution in [0.1, 0.15) is 5.56 Å². The van der Waals surface area contributed by atoms with Crippen LogP contribution in [0.5, 0.6) is 5.75 Å². The summed E-state index contributed by atoms with van der Waals surface area (Å²) in [5.41, 5.74) is 0.211. The maximum absolute atomic E-state index is 11.5. The number of nitrogens with zero attached hydrogens (tertiary/aromatic N) is 1. The number of H-pyrrole nitrogens is 1. The molecular weight excluding hydrogens is 220 g/mol. The topological polar surface area (TPSA) is 64.1 Å². The summed E-state index contributed by atoms with van der Waals surface area (Å²) >= 11 is 0. The van der Waals surface area contributed by atoms with Gasteiger partial charge < -0.3 is 4.74 Å². The van der Waals surface area contributed by atoms with Crippen molar-refractivity contribution in [2.75, 3.05) is 0 Å². The molecule has 0 saturated carbocycles. The van der Waals surface area contributed by atoms with Crippen molar-refractivity contribution in [1.82, 2.24) is 9.78 Å². The van der Waals surface area contributed by atoms with Crippen LogP contribution in [0.25, 0.3) is 0 Å². The lowest BCUT2D eigenvalue weighted by atomic mass is 10.2. The number of rotatable bonds is 3. The summed E-state index contributed by atoms with van der Waals surface area (Å²) in [6, 6.07) is 10.6. The lowest BCUT2D eigenvalue weighted by molar-refractivity contribution is 0.299. The van der Waals surface area contributed by atoms with Gasteiger partial charge in [0.1, 0.15) is 6.61 Å². The molecule has 1 N–H and O–H groups in total. The average molecular weight is 232 g/mol. The number of aromatic amines is 1. The maximum atomic E-state index is 11.5. The molecule has 2 rings (SSSR count). The van der Waals surface area contributed by atoms with Crippen LogP contribution in [0.15, 0.2) is 46.0 Å². The molecule has 2 aromatic rings. The number of nitrogens with one attached hydrogen (secondary N) is 1. The summed E-state index contributed by atoms with van der Waals surface area (Å²) in [6.45, 7) is 0.261. The molecule has 1 aromatic heterocycles. The Hall–Kier alpha value is -2.30. The number of hydrogen-bond donors (Lipinski definition) is 1. The fraction of sp³-hybridized carbons (Fsp3) is 0.167. The van der Waals surface area contributed by atoms with Gasteiger partial charge in [0.15, 0.2) is 5.75 Å². The van der Waals surface area contributed by atoms with Gasteiger partial charge in [0.2, 0.25) is 0 Å². The van der Waals surface area contributed by atoms with E-state index in [0.717, 1.165) is 10.2 Å². The number of ether oxygens (including phenoxy) is 1. The van der Waals surface area contributed by atoms with Crippen molar-refractivity contribution in [2.45, 2.75) is 6.61 Å². The second-order valence-electron chi connectivity index (χ2n) is 3.62. The minimum absolute atomic E-state index is 0.0388. The molecule has 88 valence electrons. The Balaban J connectivity index is 2.18. The molecule has 0 saturated heterocycles. The average Bonchev–Trinajstić information content (AvgIpc) is 2.33. The number of aryl methyl sites for hydroxylation is 1. The van der Waals surface area contributed by atoms with Crippen molar-refractivity contribution in [3.05, 3.63) is 62.7 Å². The Kier molecular flexibility index (Phi) is 3.09. The van der Waals surface area contributed by atoms with Crippen molar-refractivity contribution in [2.24, 2.45) is 7.05 Å². The lowest BCUT2D eigenvalue weighted by Gasteiger charge is -2.05. The van der Waals surface area contributed by atoms with Gasteiger partial charge in [-0.15, -0.1) is 0 Å². The second-order valence-corrected chi connectivity index (χ2v) is 3.62.